The second-order valence-electron chi connectivity index (χ2n) is 6.04. The highest BCUT2D eigenvalue weighted by molar-refractivity contribution is 5.88. The summed E-state index contributed by atoms with van der Waals surface area (Å²) in [5.41, 5.74) is 0. The van der Waals surface area contributed by atoms with Crippen LogP contribution in [0.1, 0.15) is 72.1 Å². The van der Waals surface area contributed by atoms with Crippen LogP contribution in [0.3, 0.4) is 0 Å². The molecule has 0 fully saturated rings. The van der Waals surface area contributed by atoms with E-state index in [1.807, 2.05) is 0 Å². The summed E-state index contributed by atoms with van der Waals surface area (Å²) in [5, 5.41) is 9.11. The van der Waals surface area contributed by atoms with Gasteiger partial charge in [0, 0.05) is 13.8 Å². The van der Waals surface area contributed by atoms with Gasteiger partial charge in [0.15, 0.2) is 0 Å². The van der Waals surface area contributed by atoms with Gasteiger partial charge in [-0.2, -0.15) is 0 Å². The first kappa shape index (κ1) is 23.9. The molecule has 8 nitrogen and oxygen atoms in total. The molecule has 8 heteroatoms. The lowest BCUT2D eigenvalue weighted by Crippen LogP contribution is -2.46. The average Bonchev–Trinajstić information content (AvgIpc) is 2.55. The molecule has 0 saturated carbocycles. The van der Waals surface area contributed by atoms with E-state index in [9.17, 15) is 19.2 Å². The zero-order valence-electron chi connectivity index (χ0n) is 15.8. The topological polar surface area (TPSA) is 116 Å². The van der Waals surface area contributed by atoms with E-state index in [0.29, 0.717) is 6.42 Å². The van der Waals surface area contributed by atoms with Crippen LogP contribution < -0.4 is 0 Å². The van der Waals surface area contributed by atoms with Gasteiger partial charge in [-0.05, 0) is 6.42 Å². The van der Waals surface area contributed by atoms with Crippen molar-refractivity contribution < 1.29 is 38.5 Å². The predicted octanol–water partition coefficient (Wildman–Crippen LogP) is 2.62. The molecule has 0 bridgehead atoms. The minimum Gasteiger partial charge on any atom is -0.478 e. The smallest absolute Gasteiger partial charge is 0.352 e. The molecular weight excluding hydrogens is 344 g/mol. The van der Waals surface area contributed by atoms with Gasteiger partial charge in [-0.25, -0.2) is 9.59 Å². The van der Waals surface area contributed by atoms with E-state index in [-0.39, 0.29) is 6.61 Å². The normalized spacial score (nSPS) is 12.7. The summed E-state index contributed by atoms with van der Waals surface area (Å²) in [6.07, 6.45) is 4.73. The summed E-state index contributed by atoms with van der Waals surface area (Å²) in [5.74, 6) is -4.44. The molecule has 2 atom stereocenters. The van der Waals surface area contributed by atoms with Crippen LogP contribution in [0.25, 0.3) is 0 Å². The molecule has 0 spiro atoms. The molecule has 0 aliphatic carbocycles. The Hall–Kier alpha value is -2.12. The monoisotopic (exact) mass is 374 g/mol. The van der Waals surface area contributed by atoms with Crippen molar-refractivity contribution in [2.75, 3.05) is 6.61 Å². The largest absolute Gasteiger partial charge is 0.478 e. The quantitative estimate of drug-likeness (QED) is 0.280. The molecule has 0 aliphatic rings. The van der Waals surface area contributed by atoms with Gasteiger partial charge in [0.05, 0.1) is 6.61 Å². The highest BCUT2D eigenvalue weighted by Gasteiger charge is 2.40. The zero-order valence-corrected chi connectivity index (χ0v) is 15.8. The van der Waals surface area contributed by atoms with Gasteiger partial charge in [0.25, 0.3) is 0 Å². The van der Waals surface area contributed by atoms with Gasteiger partial charge in [0.1, 0.15) is 0 Å². The summed E-state index contributed by atoms with van der Waals surface area (Å²) in [4.78, 5) is 45.4. The van der Waals surface area contributed by atoms with Gasteiger partial charge in [-0.3, -0.25) is 9.59 Å². The van der Waals surface area contributed by atoms with Crippen molar-refractivity contribution in [1.29, 1.82) is 0 Å². The van der Waals surface area contributed by atoms with E-state index >= 15 is 0 Å². The van der Waals surface area contributed by atoms with Gasteiger partial charge < -0.3 is 19.3 Å². The Balaban J connectivity index is 4.36. The summed E-state index contributed by atoms with van der Waals surface area (Å²) in [6.45, 7) is 4.25. The van der Waals surface area contributed by atoms with Crippen molar-refractivity contribution in [3.63, 3.8) is 0 Å². The number of ether oxygens (including phenoxy) is 3. The number of unbranched alkanes of at least 4 members (excludes halogenated alkanes) is 7. The molecule has 0 unspecified atom stereocenters. The lowest BCUT2D eigenvalue weighted by Gasteiger charge is -2.21. The summed E-state index contributed by atoms with van der Waals surface area (Å²) in [6, 6.07) is 0. The molecule has 0 aliphatic heterocycles. The number of hydrogen-bond donors (Lipinski definition) is 1. The Morgan fingerprint density at radius 2 is 1.23 bits per heavy atom. The molecule has 0 amide bonds. The second kappa shape index (κ2) is 14.1. The first-order valence-electron chi connectivity index (χ1n) is 9.03. The molecule has 150 valence electrons. The molecule has 0 saturated heterocycles. The fourth-order valence-electron chi connectivity index (χ4n) is 2.32. The molecule has 26 heavy (non-hydrogen) atoms. The maximum Gasteiger partial charge on any atom is 0.352 e. The van der Waals surface area contributed by atoms with Crippen molar-refractivity contribution in [3.8, 4) is 0 Å². The van der Waals surface area contributed by atoms with Crippen LogP contribution in [0.2, 0.25) is 0 Å². The van der Waals surface area contributed by atoms with Crippen molar-refractivity contribution >= 4 is 23.9 Å². The number of carboxylic acids is 1. The number of carboxylic acid groups (broad SMARTS) is 1. The van der Waals surface area contributed by atoms with Crippen molar-refractivity contribution in [1.82, 2.24) is 0 Å². The zero-order chi connectivity index (χ0) is 19.9. The number of aliphatic carboxylic acids is 1. The van der Waals surface area contributed by atoms with E-state index in [0.717, 1.165) is 33.1 Å². The fraction of sp³-hybridized carbons (Fsp3) is 0.778. The third kappa shape index (κ3) is 11.4. The van der Waals surface area contributed by atoms with E-state index in [1.54, 1.807) is 0 Å². The summed E-state index contributed by atoms with van der Waals surface area (Å²) < 4.78 is 14.3. The van der Waals surface area contributed by atoms with Crippen LogP contribution in [-0.2, 0) is 33.4 Å². The Labute approximate surface area is 154 Å². The van der Waals surface area contributed by atoms with Gasteiger partial charge in [-0.1, -0.05) is 51.9 Å². The van der Waals surface area contributed by atoms with E-state index in [1.165, 1.54) is 25.7 Å². The lowest BCUT2D eigenvalue weighted by atomic mass is 10.1. The number of rotatable bonds is 14. The van der Waals surface area contributed by atoms with E-state index in [2.05, 4.69) is 11.7 Å². The van der Waals surface area contributed by atoms with E-state index in [4.69, 9.17) is 14.6 Å². The minimum absolute atomic E-state index is 0.0813. The van der Waals surface area contributed by atoms with Crippen LogP contribution in [0.15, 0.2) is 0 Å². The first-order chi connectivity index (χ1) is 12.3. The number of esters is 3. The molecule has 0 rings (SSSR count). The van der Waals surface area contributed by atoms with Crippen LogP contribution in [0.4, 0.5) is 0 Å². The third-order valence-corrected chi connectivity index (χ3v) is 3.58. The molecular formula is C18H30O8. The number of carbonyl (C=O) groups excluding carboxylic acids is 3. The Kier molecular flexibility index (Phi) is 12.9. The Bertz CT molecular complexity index is 460. The van der Waals surface area contributed by atoms with Crippen LogP contribution in [0, 0.1) is 0 Å². The number of hydrogen-bond acceptors (Lipinski definition) is 7. The predicted molar refractivity (Wildman–Crippen MR) is 92.3 cm³/mol. The summed E-state index contributed by atoms with van der Waals surface area (Å²) in [7, 11) is 0. The molecule has 0 aromatic rings. The SMILES string of the molecule is CCCCCCCCCCOC(=O)[C@H](OC(C)=O)[C@@H](OC(C)=O)C(=O)O. The Morgan fingerprint density at radius 1 is 0.769 bits per heavy atom. The van der Waals surface area contributed by atoms with Crippen molar-refractivity contribution in [2.45, 2.75) is 84.3 Å². The number of carbonyl (C=O) groups is 4. The second-order valence-corrected chi connectivity index (χ2v) is 6.04. The van der Waals surface area contributed by atoms with Gasteiger partial charge in [-0.15, -0.1) is 0 Å². The highest BCUT2D eigenvalue weighted by atomic mass is 16.6. The summed E-state index contributed by atoms with van der Waals surface area (Å²) >= 11 is 0. The fourth-order valence-corrected chi connectivity index (χ4v) is 2.32. The third-order valence-electron chi connectivity index (χ3n) is 3.58. The van der Waals surface area contributed by atoms with E-state index < -0.39 is 36.1 Å². The molecule has 0 aromatic heterocycles. The minimum atomic E-state index is -1.94. The standard InChI is InChI=1S/C18H30O8/c1-4-5-6-7-8-9-10-11-12-24-18(23)16(26-14(3)20)15(17(21)22)25-13(2)19/h15-16H,4-12H2,1-3H3,(H,21,22)/t15-,16-/m1/s1. The van der Waals surface area contributed by atoms with Gasteiger partial charge >= 0.3 is 23.9 Å². The molecule has 0 heterocycles. The molecule has 0 aromatic carbocycles. The molecule has 0 radical (unpaired) electrons. The van der Waals surface area contributed by atoms with Crippen molar-refractivity contribution in [3.05, 3.63) is 0 Å². The van der Waals surface area contributed by atoms with Crippen LogP contribution in [-0.4, -0.2) is 47.8 Å². The maximum atomic E-state index is 12.1. The Morgan fingerprint density at radius 3 is 1.69 bits per heavy atom. The van der Waals surface area contributed by atoms with Crippen molar-refractivity contribution in [2.24, 2.45) is 0 Å². The van der Waals surface area contributed by atoms with Crippen LogP contribution >= 0.6 is 0 Å². The highest BCUT2D eigenvalue weighted by Crippen LogP contribution is 2.11. The lowest BCUT2D eigenvalue weighted by molar-refractivity contribution is -0.188. The average molecular weight is 374 g/mol. The molecule has 1 N–H and O–H groups in total. The van der Waals surface area contributed by atoms with Gasteiger partial charge in [0.2, 0.25) is 12.2 Å². The maximum absolute atomic E-state index is 12.1. The first-order valence-corrected chi connectivity index (χ1v) is 9.03. The van der Waals surface area contributed by atoms with Crippen LogP contribution in [0.5, 0.6) is 0 Å².